The monoisotopic (exact) mass is 319 g/mol. The average Bonchev–Trinajstić information content (AvgIpc) is 2.58. The lowest BCUT2D eigenvalue weighted by molar-refractivity contribution is 0.217. The second-order valence-corrected chi connectivity index (χ2v) is 6.59. The predicted molar refractivity (Wildman–Crippen MR) is 101 cm³/mol. The Labute approximate surface area is 144 Å². The van der Waals surface area contributed by atoms with Crippen LogP contribution in [-0.4, -0.2) is 12.6 Å². The van der Waals surface area contributed by atoms with Crippen molar-refractivity contribution in [1.82, 2.24) is 5.32 Å². The van der Waals surface area contributed by atoms with Crippen molar-refractivity contribution < 1.29 is 4.74 Å². The number of unbranched alkanes of at least 4 members (excludes halogenated alkanes) is 5. The van der Waals surface area contributed by atoms with Crippen LogP contribution in [0, 0.1) is 0 Å². The third-order valence-electron chi connectivity index (χ3n) is 4.52. The highest BCUT2D eigenvalue weighted by atomic mass is 16.5. The molecule has 0 heterocycles. The Kier molecular flexibility index (Phi) is 10.8. The number of rotatable bonds is 13. The number of benzene rings is 1. The van der Waals surface area contributed by atoms with Gasteiger partial charge in [-0.05, 0) is 50.4 Å². The molecular formula is C21H37NO. The second kappa shape index (κ2) is 12.4. The maximum absolute atomic E-state index is 5.86. The van der Waals surface area contributed by atoms with Crippen LogP contribution in [0.25, 0.3) is 0 Å². The predicted octanol–water partition coefficient (Wildman–Crippen LogP) is 6.27. The van der Waals surface area contributed by atoms with Crippen molar-refractivity contribution in [3.63, 3.8) is 0 Å². The molecule has 1 rings (SSSR count). The molecule has 1 aromatic carbocycles. The van der Waals surface area contributed by atoms with Gasteiger partial charge in [0, 0.05) is 6.04 Å². The maximum Gasteiger partial charge on any atom is 0.119 e. The van der Waals surface area contributed by atoms with E-state index in [9.17, 15) is 0 Å². The summed E-state index contributed by atoms with van der Waals surface area (Å²) in [7, 11) is 0. The van der Waals surface area contributed by atoms with E-state index in [1.807, 2.05) is 0 Å². The highest BCUT2D eigenvalue weighted by Gasteiger charge is 2.09. The minimum atomic E-state index is 0.286. The lowest BCUT2D eigenvalue weighted by atomic mass is 10.0. The van der Waals surface area contributed by atoms with Gasteiger partial charge in [-0.1, -0.05) is 65.0 Å². The first-order valence-electron chi connectivity index (χ1n) is 9.71. The van der Waals surface area contributed by atoms with Crippen LogP contribution in [-0.2, 0) is 0 Å². The Hall–Kier alpha value is -1.02. The van der Waals surface area contributed by atoms with E-state index in [1.54, 1.807) is 0 Å². The number of hydrogen-bond acceptors (Lipinski definition) is 2. The van der Waals surface area contributed by atoms with Gasteiger partial charge >= 0.3 is 0 Å². The zero-order valence-electron chi connectivity index (χ0n) is 15.7. The SMILES string of the molecule is CCCCCCCCNC(CC)c1ccc(OC(C)CC)cc1. The van der Waals surface area contributed by atoms with Crippen molar-refractivity contribution in [3.05, 3.63) is 29.8 Å². The van der Waals surface area contributed by atoms with E-state index < -0.39 is 0 Å². The van der Waals surface area contributed by atoms with E-state index in [0.29, 0.717) is 6.04 Å². The van der Waals surface area contributed by atoms with E-state index in [0.717, 1.165) is 25.1 Å². The number of hydrogen-bond donors (Lipinski definition) is 1. The first-order chi connectivity index (χ1) is 11.2. The van der Waals surface area contributed by atoms with Crippen molar-refractivity contribution in [2.24, 2.45) is 0 Å². The first-order valence-corrected chi connectivity index (χ1v) is 9.71. The van der Waals surface area contributed by atoms with Gasteiger partial charge in [0.15, 0.2) is 0 Å². The summed E-state index contributed by atoms with van der Waals surface area (Å²) in [4.78, 5) is 0. The molecule has 0 fully saturated rings. The van der Waals surface area contributed by atoms with Crippen LogP contribution in [0.1, 0.15) is 90.7 Å². The van der Waals surface area contributed by atoms with Gasteiger partial charge in [-0.2, -0.15) is 0 Å². The van der Waals surface area contributed by atoms with E-state index in [-0.39, 0.29) is 6.10 Å². The molecule has 2 nitrogen and oxygen atoms in total. The van der Waals surface area contributed by atoms with Crippen LogP contribution in [0.15, 0.2) is 24.3 Å². The van der Waals surface area contributed by atoms with Crippen LogP contribution in [0.5, 0.6) is 5.75 Å². The summed E-state index contributed by atoms with van der Waals surface area (Å²) < 4.78 is 5.86. The van der Waals surface area contributed by atoms with Gasteiger partial charge in [0.1, 0.15) is 5.75 Å². The lowest BCUT2D eigenvalue weighted by Crippen LogP contribution is -2.21. The Morgan fingerprint density at radius 2 is 1.52 bits per heavy atom. The average molecular weight is 320 g/mol. The summed E-state index contributed by atoms with van der Waals surface area (Å²) in [6.07, 6.45) is 10.6. The fraction of sp³-hybridized carbons (Fsp3) is 0.714. The zero-order chi connectivity index (χ0) is 16.9. The van der Waals surface area contributed by atoms with Gasteiger partial charge in [0.2, 0.25) is 0 Å². The zero-order valence-corrected chi connectivity index (χ0v) is 15.7. The molecular weight excluding hydrogens is 282 g/mol. The quantitative estimate of drug-likeness (QED) is 0.433. The minimum Gasteiger partial charge on any atom is -0.491 e. The summed E-state index contributed by atoms with van der Waals surface area (Å²) in [6.45, 7) is 9.91. The topological polar surface area (TPSA) is 21.3 Å². The van der Waals surface area contributed by atoms with Crippen LogP contribution in [0.2, 0.25) is 0 Å². The Balaban J connectivity index is 2.33. The highest BCUT2D eigenvalue weighted by Crippen LogP contribution is 2.21. The van der Waals surface area contributed by atoms with Gasteiger partial charge in [-0.25, -0.2) is 0 Å². The lowest BCUT2D eigenvalue weighted by Gasteiger charge is -2.19. The summed E-state index contributed by atoms with van der Waals surface area (Å²) in [6, 6.07) is 9.09. The second-order valence-electron chi connectivity index (χ2n) is 6.59. The van der Waals surface area contributed by atoms with Gasteiger partial charge < -0.3 is 10.1 Å². The van der Waals surface area contributed by atoms with Gasteiger partial charge in [-0.15, -0.1) is 0 Å². The molecule has 0 saturated carbocycles. The van der Waals surface area contributed by atoms with E-state index in [4.69, 9.17) is 4.74 Å². The van der Waals surface area contributed by atoms with Crippen molar-refractivity contribution >= 4 is 0 Å². The Bertz CT molecular complexity index is 387. The number of nitrogens with one attached hydrogen (secondary N) is 1. The molecule has 0 aromatic heterocycles. The maximum atomic E-state index is 5.86. The molecule has 0 bridgehead atoms. The molecule has 0 aliphatic carbocycles. The van der Waals surface area contributed by atoms with E-state index >= 15 is 0 Å². The molecule has 2 atom stereocenters. The molecule has 1 aromatic rings. The summed E-state index contributed by atoms with van der Waals surface area (Å²) in [5, 5.41) is 3.71. The molecule has 0 aliphatic heterocycles. The van der Waals surface area contributed by atoms with Gasteiger partial charge in [0.05, 0.1) is 6.10 Å². The van der Waals surface area contributed by atoms with Crippen molar-refractivity contribution in [2.75, 3.05) is 6.54 Å². The highest BCUT2D eigenvalue weighted by molar-refractivity contribution is 5.29. The van der Waals surface area contributed by atoms with Gasteiger partial charge in [0.25, 0.3) is 0 Å². The van der Waals surface area contributed by atoms with Crippen LogP contribution in [0.3, 0.4) is 0 Å². The molecule has 0 spiro atoms. The fourth-order valence-electron chi connectivity index (χ4n) is 2.77. The molecule has 0 amide bonds. The summed E-state index contributed by atoms with van der Waals surface area (Å²) >= 11 is 0. The molecule has 0 radical (unpaired) electrons. The van der Waals surface area contributed by atoms with Crippen molar-refractivity contribution in [2.45, 2.75) is 91.2 Å². The largest absolute Gasteiger partial charge is 0.491 e. The standard InChI is InChI=1S/C21H37NO/c1-5-8-9-10-11-12-17-22-21(7-3)19-13-15-20(16-14-19)23-18(4)6-2/h13-16,18,21-22H,5-12,17H2,1-4H3. The molecule has 23 heavy (non-hydrogen) atoms. The Morgan fingerprint density at radius 3 is 2.13 bits per heavy atom. The van der Waals surface area contributed by atoms with Crippen LogP contribution >= 0.6 is 0 Å². The molecule has 1 N–H and O–H groups in total. The smallest absolute Gasteiger partial charge is 0.119 e. The van der Waals surface area contributed by atoms with Gasteiger partial charge in [-0.3, -0.25) is 0 Å². The van der Waals surface area contributed by atoms with Crippen molar-refractivity contribution in [3.8, 4) is 5.75 Å². The van der Waals surface area contributed by atoms with Crippen molar-refractivity contribution in [1.29, 1.82) is 0 Å². The Morgan fingerprint density at radius 1 is 0.870 bits per heavy atom. The van der Waals surface area contributed by atoms with Crippen LogP contribution in [0.4, 0.5) is 0 Å². The molecule has 2 heteroatoms. The first kappa shape index (κ1) is 20.0. The summed E-state index contributed by atoms with van der Waals surface area (Å²) in [5.41, 5.74) is 1.37. The number of ether oxygens (including phenoxy) is 1. The van der Waals surface area contributed by atoms with Crippen LogP contribution < -0.4 is 10.1 Å². The molecule has 132 valence electrons. The molecule has 2 unspecified atom stereocenters. The van der Waals surface area contributed by atoms with E-state index in [1.165, 1.54) is 44.1 Å². The fourth-order valence-corrected chi connectivity index (χ4v) is 2.77. The third-order valence-corrected chi connectivity index (χ3v) is 4.52. The third kappa shape index (κ3) is 8.41. The minimum absolute atomic E-state index is 0.286. The molecule has 0 aliphatic rings. The summed E-state index contributed by atoms with van der Waals surface area (Å²) in [5.74, 6) is 0.980. The normalized spacial score (nSPS) is 13.7. The van der Waals surface area contributed by atoms with E-state index in [2.05, 4.69) is 57.3 Å². The molecule has 0 saturated heterocycles.